The van der Waals surface area contributed by atoms with Crippen LogP contribution in [-0.4, -0.2) is 21.6 Å². The van der Waals surface area contributed by atoms with Gasteiger partial charge in [0.05, 0.1) is 11.9 Å². The average molecular weight is 376 g/mol. The predicted octanol–water partition coefficient (Wildman–Crippen LogP) is 3.21. The van der Waals surface area contributed by atoms with Crippen molar-refractivity contribution in [3.05, 3.63) is 70.7 Å². The van der Waals surface area contributed by atoms with Crippen molar-refractivity contribution in [3.63, 3.8) is 0 Å². The molecule has 2 aliphatic heterocycles. The maximum Gasteiger partial charge on any atom is 0.240 e. The molecule has 2 amide bonds. The van der Waals surface area contributed by atoms with Gasteiger partial charge < -0.3 is 10.6 Å². The molecule has 0 saturated carbocycles. The number of carbonyl (C=O) groups excluding carboxylic acids is 2. The van der Waals surface area contributed by atoms with Gasteiger partial charge >= 0.3 is 0 Å². The molecule has 3 heterocycles. The van der Waals surface area contributed by atoms with Crippen LogP contribution in [0.15, 0.2) is 42.6 Å². The average Bonchev–Trinajstić information content (AvgIpc) is 3.14. The standard InChI is InChI=1S/C21H17FN4O2/c1-11-5-12(2)7-14(6-11)26-19-16(10-23-26)21(9-18(27)25-19)15-4-3-13(22)8-17(15)24-20(21)28/h3-8,10H,9H2,1-2H3,(H,24,28)(H,25,27)/t21-/m1/s1. The molecular weight excluding hydrogens is 359 g/mol. The Morgan fingerprint density at radius 2 is 1.79 bits per heavy atom. The maximum absolute atomic E-state index is 13.7. The second kappa shape index (κ2) is 5.51. The molecule has 0 aliphatic carbocycles. The molecule has 140 valence electrons. The molecule has 0 unspecified atom stereocenters. The Labute approximate surface area is 160 Å². The molecular formula is C21H17FN4O2. The third-order valence-electron chi connectivity index (χ3n) is 5.44. The summed E-state index contributed by atoms with van der Waals surface area (Å²) in [5.74, 6) is -0.605. The number of nitrogens with one attached hydrogen (secondary N) is 2. The van der Waals surface area contributed by atoms with Crippen LogP contribution in [0, 0.1) is 19.7 Å². The minimum atomic E-state index is -1.21. The molecule has 2 N–H and O–H groups in total. The van der Waals surface area contributed by atoms with Crippen molar-refractivity contribution in [2.24, 2.45) is 0 Å². The van der Waals surface area contributed by atoms with Crippen molar-refractivity contribution in [2.45, 2.75) is 25.7 Å². The fraction of sp³-hybridized carbons (Fsp3) is 0.190. The highest BCUT2D eigenvalue weighted by molar-refractivity contribution is 6.14. The Morgan fingerprint density at radius 3 is 2.54 bits per heavy atom. The van der Waals surface area contributed by atoms with Crippen LogP contribution in [0.2, 0.25) is 0 Å². The van der Waals surface area contributed by atoms with Gasteiger partial charge in [0.2, 0.25) is 11.8 Å². The van der Waals surface area contributed by atoms with Crippen LogP contribution < -0.4 is 10.6 Å². The number of hydrogen-bond acceptors (Lipinski definition) is 3. The van der Waals surface area contributed by atoms with Crippen LogP contribution in [0.3, 0.4) is 0 Å². The molecule has 1 spiro atoms. The minimum Gasteiger partial charge on any atom is -0.325 e. The summed E-state index contributed by atoms with van der Waals surface area (Å²) < 4.78 is 15.3. The normalized spacial score (nSPS) is 20.0. The van der Waals surface area contributed by atoms with E-state index in [2.05, 4.69) is 21.8 Å². The number of aromatic nitrogens is 2. The third kappa shape index (κ3) is 2.16. The summed E-state index contributed by atoms with van der Waals surface area (Å²) in [6, 6.07) is 10.1. The van der Waals surface area contributed by atoms with Gasteiger partial charge in [-0.15, -0.1) is 0 Å². The lowest BCUT2D eigenvalue weighted by molar-refractivity contribution is -0.125. The summed E-state index contributed by atoms with van der Waals surface area (Å²) in [4.78, 5) is 25.6. The first-order valence-corrected chi connectivity index (χ1v) is 8.97. The molecule has 6 nitrogen and oxygen atoms in total. The van der Waals surface area contributed by atoms with E-state index >= 15 is 0 Å². The van der Waals surface area contributed by atoms with Crippen LogP contribution in [-0.2, 0) is 15.0 Å². The van der Waals surface area contributed by atoms with E-state index < -0.39 is 11.2 Å². The largest absolute Gasteiger partial charge is 0.325 e. The lowest BCUT2D eigenvalue weighted by atomic mass is 9.72. The highest BCUT2D eigenvalue weighted by Crippen LogP contribution is 2.50. The number of anilines is 2. The van der Waals surface area contributed by atoms with Gasteiger partial charge in [0.1, 0.15) is 17.1 Å². The molecule has 7 heteroatoms. The van der Waals surface area contributed by atoms with E-state index in [0.29, 0.717) is 22.6 Å². The number of halogens is 1. The maximum atomic E-state index is 13.7. The molecule has 0 saturated heterocycles. The lowest BCUT2D eigenvalue weighted by Crippen LogP contribution is -2.43. The third-order valence-corrected chi connectivity index (χ3v) is 5.44. The number of carbonyl (C=O) groups is 2. The Kier molecular flexibility index (Phi) is 3.28. The van der Waals surface area contributed by atoms with Crippen molar-refractivity contribution in [3.8, 4) is 5.69 Å². The van der Waals surface area contributed by atoms with Gasteiger partial charge in [-0.1, -0.05) is 12.1 Å². The Bertz CT molecular complexity index is 1160. The molecule has 0 bridgehead atoms. The second-order valence-electron chi connectivity index (χ2n) is 7.44. The Morgan fingerprint density at radius 1 is 1.04 bits per heavy atom. The van der Waals surface area contributed by atoms with Gasteiger partial charge in [-0.05, 0) is 54.8 Å². The molecule has 5 rings (SSSR count). The lowest BCUT2D eigenvalue weighted by Gasteiger charge is -2.31. The summed E-state index contributed by atoms with van der Waals surface area (Å²) in [5.41, 5.74) is 3.31. The Balaban J connectivity index is 1.76. The monoisotopic (exact) mass is 376 g/mol. The number of hydrogen-bond donors (Lipinski definition) is 2. The van der Waals surface area contributed by atoms with E-state index in [9.17, 15) is 14.0 Å². The molecule has 3 aromatic rings. The van der Waals surface area contributed by atoms with Crippen LogP contribution in [0.4, 0.5) is 15.9 Å². The van der Waals surface area contributed by atoms with Gasteiger partial charge in [0.15, 0.2) is 0 Å². The second-order valence-corrected chi connectivity index (χ2v) is 7.44. The van der Waals surface area contributed by atoms with Crippen molar-refractivity contribution in [2.75, 3.05) is 10.6 Å². The van der Waals surface area contributed by atoms with Crippen LogP contribution >= 0.6 is 0 Å². The van der Waals surface area contributed by atoms with Crippen molar-refractivity contribution in [1.29, 1.82) is 0 Å². The predicted molar refractivity (Wildman–Crippen MR) is 102 cm³/mol. The smallest absolute Gasteiger partial charge is 0.240 e. The summed E-state index contributed by atoms with van der Waals surface area (Å²) in [6.45, 7) is 3.98. The van der Waals surface area contributed by atoms with E-state index in [1.807, 2.05) is 26.0 Å². The highest BCUT2D eigenvalue weighted by atomic mass is 19.1. The number of nitrogens with zero attached hydrogens (tertiary/aromatic N) is 2. The number of benzene rings is 2. The first kappa shape index (κ1) is 16.7. The van der Waals surface area contributed by atoms with Crippen LogP contribution in [0.25, 0.3) is 5.69 Å². The molecule has 28 heavy (non-hydrogen) atoms. The fourth-order valence-corrected chi connectivity index (χ4v) is 4.35. The van der Waals surface area contributed by atoms with Gasteiger partial charge in [0, 0.05) is 17.7 Å². The topological polar surface area (TPSA) is 76.0 Å². The first-order valence-electron chi connectivity index (χ1n) is 8.97. The minimum absolute atomic E-state index is 0.0526. The molecule has 0 fully saturated rings. The summed E-state index contributed by atoms with van der Waals surface area (Å²) in [6.07, 6.45) is 1.56. The van der Waals surface area contributed by atoms with Crippen LogP contribution in [0.5, 0.6) is 0 Å². The molecule has 0 radical (unpaired) electrons. The molecule has 2 aromatic carbocycles. The summed E-state index contributed by atoms with van der Waals surface area (Å²) in [5, 5.41) is 10.1. The van der Waals surface area contributed by atoms with Gasteiger partial charge in [-0.2, -0.15) is 5.10 Å². The van der Waals surface area contributed by atoms with E-state index in [-0.39, 0.29) is 18.2 Å². The SMILES string of the molecule is Cc1cc(C)cc(-n2ncc3c2NC(=O)C[C@]32C(=O)Nc3cc(F)ccc32)c1. The number of fused-ring (bicyclic) bond motifs is 4. The van der Waals surface area contributed by atoms with Crippen molar-refractivity contribution in [1.82, 2.24) is 9.78 Å². The summed E-state index contributed by atoms with van der Waals surface area (Å²) >= 11 is 0. The van der Waals surface area contributed by atoms with E-state index in [1.54, 1.807) is 16.9 Å². The number of aryl methyl sites for hydroxylation is 2. The summed E-state index contributed by atoms with van der Waals surface area (Å²) in [7, 11) is 0. The van der Waals surface area contributed by atoms with E-state index in [1.165, 1.54) is 12.1 Å². The van der Waals surface area contributed by atoms with Crippen LogP contribution in [0.1, 0.15) is 28.7 Å². The zero-order valence-corrected chi connectivity index (χ0v) is 15.3. The van der Waals surface area contributed by atoms with Crippen molar-refractivity contribution >= 4 is 23.3 Å². The molecule has 1 aromatic heterocycles. The van der Waals surface area contributed by atoms with E-state index in [4.69, 9.17) is 0 Å². The van der Waals surface area contributed by atoms with E-state index in [0.717, 1.165) is 16.8 Å². The number of rotatable bonds is 1. The first-order chi connectivity index (χ1) is 13.4. The molecule has 2 aliphatic rings. The quantitative estimate of drug-likeness (QED) is 0.685. The highest BCUT2D eigenvalue weighted by Gasteiger charge is 2.54. The fourth-order valence-electron chi connectivity index (χ4n) is 4.35. The van der Waals surface area contributed by atoms with Crippen molar-refractivity contribution < 1.29 is 14.0 Å². The Hall–Kier alpha value is -3.48. The number of amides is 2. The zero-order valence-electron chi connectivity index (χ0n) is 15.3. The zero-order chi connectivity index (χ0) is 19.6. The van der Waals surface area contributed by atoms with Gasteiger partial charge in [0.25, 0.3) is 0 Å². The van der Waals surface area contributed by atoms with Gasteiger partial charge in [-0.25, -0.2) is 9.07 Å². The molecule has 1 atom stereocenters. The van der Waals surface area contributed by atoms with Gasteiger partial charge in [-0.3, -0.25) is 9.59 Å².